The minimum absolute atomic E-state index is 0.350. The minimum Gasteiger partial charge on any atom is -0.308 e. The molecule has 1 N–H and O–H groups in total. The van der Waals surface area contributed by atoms with Gasteiger partial charge in [0.25, 0.3) is 0 Å². The molecule has 0 amide bonds. The van der Waals surface area contributed by atoms with Gasteiger partial charge in [0.15, 0.2) is 0 Å². The van der Waals surface area contributed by atoms with Crippen molar-refractivity contribution in [3.63, 3.8) is 0 Å². The summed E-state index contributed by atoms with van der Waals surface area (Å²) in [6.45, 7) is 7.67. The molecule has 150 valence electrons. The molecule has 1 aliphatic heterocycles. The van der Waals surface area contributed by atoms with Crippen LogP contribution in [0.2, 0.25) is 0 Å². The summed E-state index contributed by atoms with van der Waals surface area (Å²) in [4.78, 5) is 9.60. The lowest BCUT2D eigenvalue weighted by molar-refractivity contribution is 0.143. The monoisotopic (exact) mass is 378 g/mol. The van der Waals surface area contributed by atoms with Crippen molar-refractivity contribution in [3.05, 3.63) is 65.0 Å². The van der Waals surface area contributed by atoms with Gasteiger partial charge in [-0.3, -0.25) is 4.98 Å². The fourth-order valence-corrected chi connectivity index (χ4v) is 5.02. The van der Waals surface area contributed by atoms with Crippen molar-refractivity contribution in [2.45, 2.75) is 44.2 Å². The predicted octanol–water partition coefficient (Wildman–Crippen LogP) is 3.52. The summed E-state index contributed by atoms with van der Waals surface area (Å²) in [5.41, 5.74) is 5.68. The quantitative estimate of drug-likeness (QED) is 0.833. The second-order valence-corrected chi connectivity index (χ2v) is 8.92. The van der Waals surface area contributed by atoms with E-state index in [4.69, 9.17) is 0 Å². The van der Waals surface area contributed by atoms with Crippen LogP contribution < -0.4 is 5.32 Å². The summed E-state index contributed by atoms with van der Waals surface area (Å²) in [6.07, 6.45) is 3.77. The zero-order valence-electron chi connectivity index (χ0n) is 17.6. The number of likely N-dealkylation sites (tertiary alicyclic amines) is 1. The molecule has 1 aliphatic carbocycles. The van der Waals surface area contributed by atoms with Gasteiger partial charge in [0.05, 0.1) is 5.69 Å². The summed E-state index contributed by atoms with van der Waals surface area (Å²) in [6, 6.07) is 15.9. The third kappa shape index (κ3) is 4.14. The molecule has 1 fully saturated rings. The van der Waals surface area contributed by atoms with Gasteiger partial charge in [-0.2, -0.15) is 0 Å². The van der Waals surface area contributed by atoms with Gasteiger partial charge in [-0.15, -0.1) is 0 Å². The van der Waals surface area contributed by atoms with Crippen molar-refractivity contribution in [2.75, 3.05) is 40.3 Å². The Bertz CT molecular complexity index is 793. The fourth-order valence-electron chi connectivity index (χ4n) is 5.02. The van der Waals surface area contributed by atoms with Crippen molar-refractivity contribution < 1.29 is 0 Å². The van der Waals surface area contributed by atoms with Crippen LogP contribution >= 0.6 is 0 Å². The molecule has 2 heterocycles. The lowest BCUT2D eigenvalue weighted by Gasteiger charge is -2.40. The van der Waals surface area contributed by atoms with E-state index in [1.807, 2.05) is 0 Å². The highest BCUT2D eigenvalue weighted by Gasteiger charge is 2.44. The van der Waals surface area contributed by atoms with Crippen molar-refractivity contribution in [1.29, 1.82) is 0 Å². The van der Waals surface area contributed by atoms with Gasteiger partial charge < -0.3 is 15.1 Å². The molecular weight excluding hydrogens is 344 g/mol. The Morgan fingerprint density at radius 3 is 2.64 bits per heavy atom. The highest BCUT2D eigenvalue weighted by Crippen LogP contribution is 2.50. The number of benzene rings is 1. The first-order chi connectivity index (χ1) is 13.6. The van der Waals surface area contributed by atoms with Gasteiger partial charge in [-0.1, -0.05) is 30.3 Å². The number of likely N-dealkylation sites (N-methyl/N-ethyl adjacent to an activating group) is 1. The van der Waals surface area contributed by atoms with Crippen molar-refractivity contribution in [2.24, 2.45) is 0 Å². The molecule has 1 spiro atoms. The molecular formula is C24H34N4. The normalized spacial score (nSPS) is 21.4. The number of hydrogen-bond acceptors (Lipinski definition) is 4. The van der Waals surface area contributed by atoms with Crippen molar-refractivity contribution in [3.8, 4) is 0 Å². The maximum absolute atomic E-state index is 4.67. The summed E-state index contributed by atoms with van der Waals surface area (Å²) < 4.78 is 0. The molecule has 4 heteroatoms. The summed E-state index contributed by atoms with van der Waals surface area (Å²) in [5, 5.41) is 3.82. The van der Waals surface area contributed by atoms with Crippen LogP contribution in [0, 0.1) is 6.92 Å². The smallest absolute Gasteiger partial charge is 0.0545 e. The van der Waals surface area contributed by atoms with E-state index in [0.717, 1.165) is 24.5 Å². The summed E-state index contributed by atoms with van der Waals surface area (Å²) in [7, 11) is 4.33. The fraction of sp³-hybridized carbons (Fsp3) is 0.542. The molecule has 2 aromatic rings. The first kappa shape index (κ1) is 19.6. The number of nitrogens with zero attached hydrogens (tertiary/aromatic N) is 3. The number of hydrogen-bond donors (Lipinski definition) is 1. The van der Waals surface area contributed by atoms with Gasteiger partial charge in [-0.25, -0.2) is 0 Å². The number of aromatic nitrogens is 1. The number of fused-ring (bicyclic) bond motifs is 2. The van der Waals surface area contributed by atoms with Crippen LogP contribution in [0.5, 0.6) is 0 Å². The number of pyridine rings is 1. The third-order valence-corrected chi connectivity index (χ3v) is 6.65. The maximum Gasteiger partial charge on any atom is 0.0545 e. The molecule has 1 saturated heterocycles. The summed E-state index contributed by atoms with van der Waals surface area (Å²) >= 11 is 0. The largest absolute Gasteiger partial charge is 0.308 e. The van der Waals surface area contributed by atoms with Crippen LogP contribution in [0.1, 0.15) is 47.8 Å². The molecule has 0 radical (unpaired) electrons. The van der Waals surface area contributed by atoms with E-state index in [2.05, 4.69) is 83.6 Å². The van der Waals surface area contributed by atoms with Crippen LogP contribution in [0.25, 0.3) is 0 Å². The molecule has 4 rings (SSSR count). The Kier molecular flexibility index (Phi) is 5.81. The number of aryl methyl sites for hydroxylation is 1. The topological polar surface area (TPSA) is 31.4 Å². The number of piperidine rings is 1. The van der Waals surface area contributed by atoms with Crippen molar-refractivity contribution in [1.82, 2.24) is 20.1 Å². The van der Waals surface area contributed by atoms with Crippen LogP contribution in [0.3, 0.4) is 0 Å². The van der Waals surface area contributed by atoms with E-state index in [9.17, 15) is 0 Å². The first-order valence-corrected chi connectivity index (χ1v) is 10.7. The number of nitrogens with one attached hydrogen (secondary N) is 1. The zero-order chi connectivity index (χ0) is 19.6. The van der Waals surface area contributed by atoms with Gasteiger partial charge in [0.1, 0.15) is 0 Å². The SMILES string of the molecule is Cc1cccc(CNC2CC3(CCN(CCN(C)C)CC3)c3ccccc32)n1. The Labute approximate surface area is 170 Å². The van der Waals surface area contributed by atoms with Crippen LogP contribution in [0.4, 0.5) is 0 Å². The lowest BCUT2D eigenvalue weighted by Crippen LogP contribution is -2.44. The van der Waals surface area contributed by atoms with E-state index < -0.39 is 0 Å². The predicted molar refractivity (Wildman–Crippen MR) is 116 cm³/mol. The molecule has 2 aliphatic rings. The highest BCUT2D eigenvalue weighted by atomic mass is 15.2. The second-order valence-electron chi connectivity index (χ2n) is 8.92. The molecule has 0 saturated carbocycles. The Morgan fingerprint density at radius 2 is 1.89 bits per heavy atom. The van der Waals surface area contributed by atoms with E-state index >= 15 is 0 Å². The minimum atomic E-state index is 0.350. The second kappa shape index (κ2) is 8.32. The van der Waals surface area contributed by atoms with Gasteiger partial charge >= 0.3 is 0 Å². The molecule has 28 heavy (non-hydrogen) atoms. The molecule has 1 aromatic carbocycles. The Balaban J connectivity index is 1.44. The molecule has 4 nitrogen and oxygen atoms in total. The third-order valence-electron chi connectivity index (χ3n) is 6.65. The summed E-state index contributed by atoms with van der Waals surface area (Å²) in [5.74, 6) is 0. The average Bonchev–Trinajstić information content (AvgIpc) is 3.00. The Hall–Kier alpha value is -1.75. The van der Waals surface area contributed by atoms with Crippen LogP contribution in [-0.4, -0.2) is 55.1 Å². The lowest BCUT2D eigenvalue weighted by atomic mass is 9.73. The van der Waals surface area contributed by atoms with Gasteiger partial charge in [0, 0.05) is 31.4 Å². The highest BCUT2D eigenvalue weighted by molar-refractivity contribution is 5.42. The van der Waals surface area contributed by atoms with Crippen LogP contribution in [0.15, 0.2) is 42.5 Å². The standard InChI is InChI=1S/C24H34N4/c1-19-7-6-8-20(26-19)18-25-23-17-24(22-10-5-4-9-21(22)23)11-13-28(14-12-24)16-15-27(2)3/h4-10,23,25H,11-18H2,1-3H3. The number of rotatable bonds is 6. The molecule has 1 atom stereocenters. The van der Waals surface area contributed by atoms with Crippen LogP contribution in [-0.2, 0) is 12.0 Å². The maximum atomic E-state index is 4.67. The van der Waals surface area contributed by atoms with Gasteiger partial charge in [0.2, 0.25) is 0 Å². The average molecular weight is 379 g/mol. The molecule has 1 unspecified atom stereocenters. The molecule has 0 bridgehead atoms. The van der Waals surface area contributed by atoms with Crippen molar-refractivity contribution >= 4 is 0 Å². The van der Waals surface area contributed by atoms with E-state index in [1.54, 1.807) is 5.56 Å². The first-order valence-electron chi connectivity index (χ1n) is 10.7. The Morgan fingerprint density at radius 1 is 1.11 bits per heavy atom. The van der Waals surface area contributed by atoms with E-state index in [0.29, 0.717) is 11.5 Å². The molecule has 1 aromatic heterocycles. The van der Waals surface area contributed by atoms with Gasteiger partial charge in [-0.05, 0) is 82.0 Å². The van der Waals surface area contributed by atoms with E-state index in [1.165, 1.54) is 44.5 Å². The zero-order valence-corrected chi connectivity index (χ0v) is 17.6. The van der Waals surface area contributed by atoms with E-state index in [-0.39, 0.29) is 0 Å².